The van der Waals surface area contributed by atoms with Crippen LogP contribution in [-0.4, -0.2) is 29.4 Å². The highest BCUT2D eigenvalue weighted by molar-refractivity contribution is 5.85. The smallest absolute Gasteiger partial charge is 0.412 e. The van der Waals surface area contributed by atoms with Gasteiger partial charge in [0.1, 0.15) is 11.4 Å². The first-order chi connectivity index (χ1) is 10.1. The monoisotopic (exact) mass is 310 g/mol. The van der Waals surface area contributed by atoms with E-state index in [-0.39, 0.29) is 12.4 Å². The number of nitrogens with two attached hydrogens (primary N) is 1. The maximum absolute atomic E-state index is 14.1. The Balaban J connectivity index is 2.19. The average Bonchev–Trinajstić information content (AvgIpc) is 2.35. The van der Waals surface area contributed by atoms with Gasteiger partial charge in [-0.1, -0.05) is 0 Å². The number of aliphatic hydroxyl groups excluding tert-OH is 1. The third-order valence-electron chi connectivity index (χ3n) is 3.83. The summed E-state index contributed by atoms with van der Waals surface area (Å²) in [7, 11) is 0. The molecule has 1 aliphatic rings. The van der Waals surface area contributed by atoms with E-state index in [4.69, 9.17) is 10.5 Å². The van der Waals surface area contributed by atoms with Crippen molar-refractivity contribution in [3.8, 4) is 0 Å². The minimum Gasteiger partial charge on any atom is -0.444 e. The van der Waals surface area contributed by atoms with Crippen LogP contribution in [0.25, 0.3) is 0 Å². The summed E-state index contributed by atoms with van der Waals surface area (Å²) in [5, 5.41) is 12.1. The van der Waals surface area contributed by atoms with E-state index < -0.39 is 23.2 Å². The van der Waals surface area contributed by atoms with E-state index in [9.17, 15) is 14.3 Å². The summed E-state index contributed by atoms with van der Waals surface area (Å²) in [6.07, 6.45) is -0.196. The van der Waals surface area contributed by atoms with Gasteiger partial charge in [-0.3, -0.25) is 5.32 Å². The van der Waals surface area contributed by atoms with Crippen molar-refractivity contribution in [3.63, 3.8) is 0 Å². The Bertz CT molecular complexity index is 563. The van der Waals surface area contributed by atoms with Crippen molar-refractivity contribution in [1.82, 2.24) is 0 Å². The highest BCUT2D eigenvalue weighted by atomic mass is 19.1. The number of carbonyl (C=O) groups excluding carboxylic acids is 1. The zero-order valence-electron chi connectivity index (χ0n) is 13.1. The fourth-order valence-corrected chi connectivity index (χ4v) is 2.77. The zero-order valence-corrected chi connectivity index (χ0v) is 13.1. The van der Waals surface area contributed by atoms with Crippen LogP contribution in [0.1, 0.15) is 39.2 Å². The molecule has 122 valence electrons. The Hall–Kier alpha value is -1.66. The molecule has 1 aromatic carbocycles. The minimum atomic E-state index is -0.608. The van der Waals surface area contributed by atoms with Crippen molar-refractivity contribution in [2.75, 3.05) is 11.9 Å². The Morgan fingerprint density at radius 1 is 1.50 bits per heavy atom. The molecule has 6 heteroatoms. The summed E-state index contributed by atoms with van der Waals surface area (Å²) in [6, 6.07) is 4.34. The molecule has 0 bridgehead atoms. The van der Waals surface area contributed by atoms with Crippen LogP contribution in [0.15, 0.2) is 18.2 Å². The Morgan fingerprint density at radius 3 is 2.64 bits per heavy atom. The number of ether oxygens (including phenoxy) is 1. The number of anilines is 1. The standard InChI is InChI=1S/C16H23FN2O3/c1-15(2,3)22-14(21)19-10-4-5-13(17)12(6-10)16(9-18)7-11(20)8-16/h4-6,11,20H,7-9,18H2,1-3H3,(H,19,21). The molecule has 0 atom stereocenters. The van der Waals surface area contributed by atoms with Crippen LogP contribution in [0.4, 0.5) is 14.9 Å². The molecule has 2 rings (SSSR count). The first kappa shape index (κ1) is 16.7. The molecule has 0 spiro atoms. The van der Waals surface area contributed by atoms with Crippen molar-refractivity contribution in [1.29, 1.82) is 0 Å². The Morgan fingerprint density at radius 2 is 2.14 bits per heavy atom. The maximum Gasteiger partial charge on any atom is 0.412 e. The van der Waals surface area contributed by atoms with Crippen LogP contribution in [0.3, 0.4) is 0 Å². The number of hydrogen-bond acceptors (Lipinski definition) is 4. The number of hydrogen-bond donors (Lipinski definition) is 3. The molecule has 0 aliphatic heterocycles. The Kier molecular flexibility index (Phi) is 4.44. The number of benzene rings is 1. The number of aliphatic hydroxyl groups is 1. The topological polar surface area (TPSA) is 84.6 Å². The molecule has 1 amide bonds. The van der Waals surface area contributed by atoms with E-state index in [1.165, 1.54) is 12.1 Å². The fourth-order valence-electron chi connectivity index (χ4n) is 2.77. The van der Waals surface area contributed by atoms with Crippen molar-refractivity contribution in [2.45, 2.75) is 50.7 Å². The largest absolute Gasteiger partial charge is 0.444 e. The predicted octanol–water partition coefficient (Wildman–Crippen LogP) is 2.52. The number of halogens is 1. The normalized spacial score (nSPS) is 24.5. The van der Waals surface area contributed by atoms with Gasteiger partial charge in [0.05, 0.1) is 6.10 Å². The average molecular weight is 310 g/mol. The van der Waals surface area contributed by atoms with Gasteiger partial charge < -0.3 is 15.6 Å². The molecule has 5 nitrogen and oxygen atoms in total. The Labute approximate surface area is 129 Å². The zero-order chi connectivity index (χ0) is 16.5. The molecule has 1 saturated carbocycles. The second-order valence-corrected chi connectivity index (χ2v) is 6.87. The van der Waals surface area contributed by atoms with Crippen molar-refractivity contribution >= 4 is 11.8 Å². The van der Waals surface area contributed by atoms with Crippen LogP contribution < -0.4 is 11.1 Å². The van der Waals surface area contributed by atoms with Gasteiger partial charge in [-0.05, 0) is 57.4 Å². The summed E-state index contributed by atoms with van der Waals surface area (Å²) in [5.41, 5.74) is 5.48. The fraction of sp³-hybridized carbons (Fsp3) is 0.562. The molecule has 0 saturated heterocycles. The van der Waals surface area contributed by atoms with Crippen molar-refractivity contribution < 1.29 is 19.0 Å². The molecule has 0 aromatic heterocycles. The van der Waals surface area contributed by atoms with E-state index in [2.05, 4.69) is 5.32 Å². The SMILES string of the molecule is CC(C)(C)OC(=O)Nc1ccc(F)c(C2(CN)CC(O)C2)c1. The molecular formula is C16H23FN2O3. The second kappa shape index (κ2) is 5.85. The molecular weight excluding hydrogens is 287 g/mol. The third-order valence-corrected chi connectivity index (χ3v) is 3.83. The summed E-state index contributed by atoms with van der Waals surface area (Å²) in [6.45, 7) is 5.54. The van der Waals surface area contributed by atoms with E-state index in [1.807, 2.05) is 0 Å². The highest BCUT2D eigenvalue weighted by Gasteiger charge is 2.45. The summed E-state index contributed by atoms with van der Waals surface area (Å²) >= 11 is 0. The third kappa shape index (κ3) is 3.56. The molecule has 0 heterocycles. The van der Waals surface area contributed by atoms with Crippen LogP contribution in [0.2, 0.25) is 0 Å². The van der Waals surface area contributed by atoms with Crippen LogP contribution >= 0.6 is 0 Å². The number of nitrogens with one attached hydrogen (secondary N) is 1. The van der Waals surface area contributed by atoms with E-state index in [0.717, 1.165) is 0 Å². The molecule has 0 unspecified atom stereocenters. The first-order valence-corrected chi connectivity index (χ1v) is 7.33. The van der Waals surface area contributed by atoms with E-state index in [0.29, 0.717) is 24.1 Å². The molecule has 1 aliphatic carbocycles. The van der Waals surface area contributed by atoms with Gasteiger partial charge in [0.2, 0.25) is 0 Å². The van der Waals surface area contributed by atoms with Crippen molar-refractivity contribution in [3.05, 3.63) is 29.6 Å². The van der Waals surface area contributed by atoms with Crippen LogP contribution in [-0.2, 0) is 10.2 Å². The maximum atomic E-state index is 14.1. The quantitative estimate of drug-likeness (QED) is 0.801. The predicted molar refractivity (Wildman–Crippen MR) is 82.2 cm³/mol. The summed E-state index contributed by atoms with van der Waals surface area (Å²) < 4.78 is 19.3. The van der Waals surface area contributed by atoms with Gasteiger partial charge in [0.25, 0.3) is 0 Å². The minimum absolute atomic E-state index is 0.247. The lowest BCUT2D eigenvalue weighted by Gasteiger charge is -2.45. The van der Waals surface area contributed by atoms with Gasteiger partial charge in [0.15, 0.2) is 0 Å². The molecule has 1 aromatic rings. The second-order valence-electron chi connectivity index (χ2n) is 6.87. The van der Waals surface area contributed by atoms with Crippen LogP contribution in [0.5, 0.6) is 0 Å². The molecule has 4 N–H and O–H groups in total. The number of amides is 1. The highest BCUT2D eigenvalue weighted by Crippen LogP contribution is 2.44. The number of carbonyl (C=O) groups is 1. The summed E-state index contributed by atoms with van der Waals surface area (Å²) in [5.74, 6) is -0.382. The number of rotatable bonds is 3. The van der Waals surface area contributed by atoms with Gasteiger partial charge in [-0.25, -0.2) is 9.18 Å². The molecule has 1 fully saturated rings. The molecule has 22 heavy (non-hydrogen) atoms. The lowest BCUT2D eigenvalue weighted by Crippen LogP contribution is -2.50. The van der Waals surface area contributed by atoms with Gasteiger partial charge in [0, 0.05) is 17.6 Å². The molecule has 0 radical (unpaired) electrons. The van der Waals surface area contributed by atoms with Crippen LogP contribution in [0, 0.1) is 5.82 Å². The lowest BCUT2D eigenvalue weighted by molar-refractivity contribution is 0.0205. The van der Waals surface area contributed by atoms with Gasteiger partial charge >= 0.3 is 6.09 Å². The van der Waals surface area contributed by atoms with E-state index >= 15 is 0 Å². The van der Waals surface area contributed by atoms with Gasteiger partial charge in [-0.2, -0.15) is 0 Å². The lowest BCUT2D eigenvalue weighted by atomic mass is 9.62. The summed E-state index contributed by atoms with van der Waals surface area (Å²) in [4.78, 5) is 11.8. The van der Waals surface area contributed by atoms with E-state index in [1.54, 1.807) is 26.8 Å². The first-order valence-electron chi connectivity index (χ1n) is 7.33. The van der Waals surface area contributed by atoms with Gasteiger partial charge in [-0.15, -0.1) is 0 Å². The van der Waals surface area contributed by atoms with Crippen molar-refractivity contribution in [2.24, 2.45) is 5.73 Å².